The molecule has 1 aliphatic heterocycles. The van der Waals surface area contributed by atoms with Gasteiger partial charge >= 0.3 is 0 Å². The van der Waals surface area contributed by atoms with E-state index in [4.69, 9.17) is 11.5 Å². The molecule has 19 heavy (non-hydrogen) atoms. The average Bonchev–Trinajstić information content (AvgIpc) is 2.39. The van der Waals surface area contributed by atoms with Crippen LogP contribution in [0.5, 0.6) is 0 Å². The minimum Gasteiger partial charge on any atom is -0.368 e. The Morgan fingerprint density at radius 2 is 1.95 bits per heavy atom. The standard InChI is InChI=1S/C15H29N3O/c1-3-14(2)7-9-18(10-8-14)12-5-4-6-15(17,11-12)13(16)19/h12H,3-11,17H2,1-2H3,(H2,16,19). The molecule has 2 rings (SSSR count). The maximum Gasteiger partial charge on any atom is 0.237 e. The molecular weight excluding hydrogens is 238 g/mol. The maximum absolute atomic E-state index is 11.5. The zero-order valence-electron chi connectivity index (χ0n) is 12.5. The van der Waals surface area contributed by atoms with Gasteiger partial charge in [-0.15, -0.1) is 0 Å². The summed E-state index contributed by atoms with van der Waals surface area (Å²) in [5.41, 5.74) is 11.4. The molecule has 1 saturated carbocycles. The Bertz CT molecular complexity index is 336. The quantitative estimate of drug-likeness (QED) is 0.816. The van der Waals surface area contributed by atoms with Gasteiger partial charge in [-0.25, -0.2) is 0 Å². The van der Waals surface area contributed by atoms with E-state index in [1.807, 2.05) is 0 Å². The zero-order valence-corrected chi connectivity index (χ0v) is 12.5. The van der Waals surface area contributed by atoms with E-state index < -0.39 is 5.54 Å². The number of carbonyl (C=O) groups excluding carboxylic acids is 1. The first-order valence-electron chi connectivity index (χ1n) is 7.71. The first kappa shape index (κ1) is 14.8. The van der Waals surface area contributed by atoms with Crippen molar-refractivity contribution in [1.29, 1.82) is 0 Å². The van der Waals surface area contributed by atoms with Crippen molar-refractivity contribution >= 4 is 5.91 Å². The highest BCUT2D eigenvalue weighted by Crippen LogP contribution is 2.37. The van der Waals surface area contributed by atoms with Gasteiger partial charge in [0, 0.05) is 6.04 Å². The summed E-state index contributed by atoms with van der Waals surface area (Å²) in [4.78, 5) is 14.1. The molecule has 110 valence electrons. The van der Waals surface area contributed by atoms with Crippen molar-refractivity contribution in [2.24, 2.45) is 16.9 Å². The number of carbonyl (C=O) groups is 1. The topological polar surface area (TPSA) is 72.3 Å². The molecule has 2 fully saturated rings. The number of hydrogen-bond donors (Lipinski definition) is 2. The van der Waals surface area contributed by atoms with Gasteiger partial charge in [0.25, 0.3) is 0 Å². The van der Waals surface area contributed by atoms with Crippen LogP contribution in [0.4, 0.5) is 0 Å². The lowest BCUT2D eigenvalue weighted by Crippen LogP contribution is -2.59. The summed E-state index contributed by atoms with van der Waals surface area (Å²) >= 11 is 0. The van der Waals surface area contributed by atoms with Gasteiger partial charge in [0.05, 0.1) is 5.54 Å². The summed E-state index contributed by atoms with van der Waals surface area (Å²) < 4.78 is 0. The third-order valence-electron chi connectivity index (χ3n) is 5.63. The lowest BCUT2D eigenvalue weighted by Gasteiger charge is -2.46. The Balaban J connectivity index is 1.95. The molecule has 4 nitrogen and oxygen atoms in total. The van der Waals surface area contributed by atoms with Crippen LogP contribution in [0.3, 0.4) is 0 Å². The van der Waals surface area contributed by atoms with E-state index in [1.165, 1.54) is 19.3 Å². The predicted octanol–water partition coefficient (Wildman–Crippen LogP) is 1.62. The largest absolute Gasteiger partial charge is 0.368 e. The molecule has 2 unspecified atom stereocenters. The van der Waals surface area contributed by atoms with Crippen LogP contribution < -0.4 is 11.5 Å². The average molecular weight is 267 g/mol. The fourth-order valence-electron chi connectivity index (χ4n) is 3.60. The highest BCUT2D eigenvalue weighted by atomic mass is 16.1. The van der Waals surface area contributed by atoms with Crippen molar-refractivity contribution in [1.82, 2.24) is 4.90 Å². The number of nitrogens with zero attached hydrogens (tertiary/aromatic N) is 1. The van der Waals surface area contributed by atoms with Crippen LogP contribution in [0, 0.1) is 5.41 Å². The summed E-state index contributed by atoms with van der Waals surface area (Å²) in [6.07, 6.45) is 7.45. The normalized spacial score (nSPS) is 36.1. The van der Waals surface area contributed by atoms with Crippen molar-refractivity contribution in [3.8, 4) is 0 Å². The Kier molecular flexibility index (Phi) is 4.21. The van der Waals surface area contributed by atoms with E-state index in [-0.39, 0.29) is 5.91 Å². The molecule has 1 heterocycles. The lowest BCUT2D eigenvalue weighted by atomic mass is 9.75. The van der Waals surface area contributed by atoms with Gasteiger partial charge in [-0.2, -0.15) is 0 Å². The maximum atomic E-state index is 11.5. The SMILES string of the molecule is CCC1(C)CCN(C2CCCC(N)(C(N)=O)C2)CC1. The smallest absolute Gasteiger partial charge is 0.237 e. The first-order valence-corrected chi connectivity index (χ1v) is 7.71. The number of nitrogens with two attached hydrogens (primary N) is 2. The summed E-state index contributed by atoms with van der Waals surface area (Å²) in [5.74, 6) is -0.326. The number of amides is 1. The molecule has 4 heteroatoms. The number of likely N-dealkylation sites (tertiary alicyclic amines) is 1. The molecule has 1 amide bonds. The molecule has 1 saturated heterocycles. The Hall–Kier alpha value is -0.610. The molecule has 2 aliphatic rings. The molecule has 1 aliphatic carbocycles. The van der Waals surface area contributed by atoms with Crippen molar-refractivity contribution in [2.75, 3.05) is 13.1 Å². The summed E-state index contributed by atoms with van der Waals surface area (Å²) in [7, 11) is 0. The van der Waals surface area contributed by atoms with E-state index in [2.05, 4.69) is 18.7 Å². The van der Waals surface area contributed by atoms with Crippen molar-refractivity contribution in [2.45, 2.75) is 70.4 Å². The van der Waals surface area contributed by atoms with Crippen LogP contribution in [0.25, 0.3) is 0 Å². The molecule has 4 N–H and O–H groups in total. The number of rotatable bonds is 3. The van der Waals surface area contributed by atoms with Gasteiger partial charge in [-0.1, -0.05) is 20.3 Å². The minimum absolute atomic E-state index is 0.326. The minimum atomic E-state index is -0.769. The molecule has 0 aromatic rings. The van der Waals surface area contributed by atoms with Gasteiger partial charge in [0.1, 0.15) is 0 Å². The van der Waals surface area contributed by atoms with Gasteiger partial charge in [-0.3, -0.25) is 4.79 Å². The monoisotopic (exact) mass is 267 g/mol. The fraction of sp³-hybridized carbons (Fsp3) is 0.933. The Morgan fingerprint density at radius 1 is 1.32 bits per heavy atom. The van der Waals surface area contributed by atoms with Gasteiger partial charge in [0.15, 0.2) is 0 Å². The van der Waals surface area contributed by atoms with Crippen LogP contribution in [0.2, 0.25) is 0 Å². The van der Waals surface area contributed by atoms with E-state index in [0.29, 0.717) is 11.5 Å². The van der Waals surface area contributed by atoms with Crippen LogP contribution in [-0.4, -0.2) is 35.5 Å². The number of primary amides is 1. The van der Waals surface area contributed by atoms with Crippen LogP contribution >= 0.6 is 0 Å². The van der Waals surface area contributed by atoms with E-state index in [9.17, 15) is 4.79 Å². The molecular formula is C15H29N3O. The Labute approximate surface area is 116 Å². The molecule has 0 radical (unpaired) electrons. The molecule has 0 aromatic heterocycles. The summed E-state index contributed by atoms with van der Waals surface area (Å²) in [6, 6.07) is 0.452. The zero-order chi connectivity index (χ0) is 14.1. The van der Waals surface area contributed by atoms with Crippen LogP contribution in [0.1, 0.15) is 58.8 Å². The molecule has 0 aromatic carbocycles. The van der Waals surface area contributed by atoms with Gasteiger partial charge in [0.2, 0.25) is 5.91 Å². The second-order valence-electron chi connectivity index (χ2n) is 6.97. The van der Waals surface area contributed by atoms with Crippen molar-refractivity contribution < 1.29 is 4.79 Å². The van der Waals surface area contributed by atoms with E-state index >= 15 is 0 Å². The van der Waals surface area contributed by atoms with Crippen LogP contribution in [0.15, 0.2) is 0 Å². The third-order valence-corrected chi connectivity index (χ3v) is 5.63. The molecule has 0 spiro atoms. The van der Waals surface area contributed by atoms with E-state index in [0.717, 1.165) is 38.8 Å². The fourth-order valence-corrected chi connectivity index (χ4v) is 3.60. The van der Waals surface area contributed by atoms with E-state index in [1.54, 1.807) is 0 Å². The van der Waals surface area contributed by atoms with Gasteiger partial charge in [-0.05, 0) is 57.0 Å². The molecule has 2 atom stereocenters. The molecule has 0 bridgehead atoms. The van der Waals surface area contributed by atoms with Crippen LogP contribution in [-0.2, 0) is 4.79 Å². The lowest BCUT2D eigenvalue weighted by molar-refractivity contribution is -0.125. The third kappa shape index (κ3) is 3.11. The second kappa shape index (κ2) is 5.41. The second-order valence-corrected chi connectivity index (χ2v) is 6.97. The van der Waals surface area contributed by atoms with Gasteiger partial charge < -0.3 is 16.4 Å². The summed E-state index contributed by atoms with van der Waals surface area (Å²) in [5, 5.41) is 0. The highest BCUT2D eigenvalue weighted by molar-refractivity contribution is 5.84. The van der Waals surface area contributed by atoms with Crippen molar-refractivity contribution in [3.05, 3.63) is 0 Å². The first-order chi connectivity index (χ1) is 8.88. The number of piperidine rings is 1. The van der Waals surface area contributed by atoms with Crippen molar-refractivity contribution in [3.63, 3.8) is 0 Å². The number of hydrogen-bond acceptors (Lipinski definition) is 3. The Morgan fingerprint density at radius 3 is 2.47 bits per heavy atom. The summed E-state index contributed by atoms with van der Waals surface area (Å²) in [6.45, 7) is 6.96. The predicted molar refractivity (Wildman–Crippen MR) is 77.6 cm³/mol. The highest BCUT2D eigenvalue weighted by Gasteiger charge is 2.41.